The lowest BCUT2D eigenvalue weighted by Crippen LogP contribution is -2.30. The van der Waals surface area contributed by atoms with E-state index in [0.717, 1.165) is 37.0 Å². The standard InChI is InChI=1S/C16H25NO3/c1-18-13-8-6-12(7-9-13)16(11-17)20-15-5-3-4-14(10-15)19-2/h6-9,14-16H,3-5,10-11,17H2,1-2H3. The molecule has 0 amide bonds. The molecule has 1 aromatic rings. The van der Waals surface area contributed by atoms with Crippen molar-refractivity contribution < 1.29 is 14.2 Å². The van der Waals surface area contributed by atoms with Crippen molar-refractivity contribution in [1.82, 2.24) is 0 Å². The maximum absolute atomic E-state index is 6.19. The highest BCUT2D eigenvalue weighted by atomic mass is 16.5. The van der Waals surface area contributed by atoms with E-state index in [-0.39, 0.29) is 12.2 Å². The lowest BCUT2D eigenvalue weighted by molar-refractivity contribution is -0.0633. The molecule has 0 spiro atoms. The van der Waals surface area contributed by atoms with E-state index in [1.54, 1.807) is 14.2 Å². The van der Waals surface area contributed by atoms with Crippen LogP contribution >= 0.6 is 0 Å². The van der Waals surface area contributed by atoms with Gasteiger partial charge in [-0.3, -0.25) is 0 Å². The van der Waals surface area contributed by atoms with Gasteiger partial charge in [-0.2, -0.15) is 0 Å². The smallest absolute Gasteiger partial charge is 0.118 e. The average molecular weight is 279 g/mol. The summed E-state index contributed by atoms with van der Waals surface area (Å²) in [7, 11) is 3.44. The number of hydrogen-bond donors (Lipinski definition) is 1. The van der Waals surface area contributed by atoms with Gasteiger partial charge in [0.05, 0.1) is 25.4 Å². The zero-order valence-electron chi connectivity index (χ0n) is 12.4. The fourth-order valence-corrected chi connectivity index (χ4v) is 2.76. The number of hydrogen-bond acceptors (Lipinski definition) is 4. The molecular weight excluding hydrogens is 254 g/mol. The summed E-state index contributed by atoms with van der Waals surface area (Å²) in [4.78, 5) is 0. The molecule has 2 rings (SSSR count). The minimum absolute atomic E-state index is 0.0542. The maximum Gasteiger partial charge on any atom is 0.118 e. The van der Waals surface area contributed by atoms with Crippen molar-refractivity contribution in [2.45, 2.75) is 44.0 Å². The van der Waals surface area contributed by atoms with Gasteiger partial charge in [0, 0.05) is 13.7 Å². The van der Waals surface area contributed by atoms with Crippen LogP contribution in [-0.2, 0) is 9.47 Å². The van der Waals surface area contributed by atoms with Crippen LogP contribution in [0.3, 0.4) is 0 Å². The molecule has 0 bridgehead atoms. The molecule has 3 unspecified atom stereocenters. The quantitative estimate of drug-likeness (QED) is 0.870. The van der Waals surface area contributed by atoms with Crippen LogP contribution in [0.4, 0.5) is 0 Å². The molecule has 3 atom stereocenters. The summed E-state index contributed by atoms with van der Waals surface area (Å²) in [5.74, 6) is 0.849. The van der Waals surface area contributed by atoms with Crippen molar-refractivity contribution in [1.29, 1.82) is 0 Å². The van der Waals surface area contributed by atoms with Crippen molar-refractivity contribution in [3.05, 3.63) is 29.8 Å². The van der Waals surface area contributed by atoms with Gasteiger partial charge in [-0.15, -0.1) is 0 Å². The Hall–Kier alpha value is -1.10. The summed E-state index contributed by atoms with van der Waals surface area (Å²) in [5.41, 5.74) is 6.98. The first-order chi connectivity index (χ1) is 9.76. The Bertz CT molecular complexity index is 393. The minimum Gasteiger partial charge on any atom is -0.497 e. The van der Waals surface area contributed by atoms with Crippen LogP contribution in [0.25, 0.3) is 0 Å². The molecule has 1 aliphatic rings. The average Bonchev–Trinajstić information content (AvgIpc) is 2.53. The lowest BCUT2D eigenvalue weighted by atomic mass is 9.94. The van der Waals surface area contributed by atoms with Gasteiger partial charge < -0.3 is 19.9 Å². The number of benzene rings is 1. The Morgan fingerprint density at radius 2 is 1.85 bits per heavy atom. The van der Waals surface area contributed by atoms with E-state index in [9.17, 15) is 0 Å². The zero-order valence-corrected chi connectivity index (χ0v) is 12.4. The highest BCUT2D eigenvalue weighted by Gasteiger charge is 2.25. The van der Waals surface area contributed by atoms with Gasteiger partial charge in [0.15, 0.2) is 0 Å². The Balaban J connectivity index is 1.97. The van der Waals surface area contributed by atoms with Crippen LogP contribution in [0.15, 0.2) is 24.3 Å². The van der Waals surface area contributed by atoms with E-state index in [2.05, 4.69) is 0 Å². The second-order valence-electron chi connectivity index (χ2n) is 5.28. The molecule has 1 saturated carbocycles. The monoisotopic (exact) mass is 279 g/mol. The first-order valence-corrected chi connectivity index (χ1v) is 7.29. The second-order valence-corrected chi connectivity index (χ2v) is 5.28. The van der Waals surface area contributed by atoms with Crippen LogP contribution in [0.5, 0.6) is 5.75 Å². The molecule has 1 aliphatic carbocycles. The summed E-state index contributed by atoms with van der Waals surface area (Å²) >= 11 is 0. The van der Waals surface area contributed by atoms with Gasteiger partial charge >= 0.3 is 0 Å². The van der Waals surface area contributed by atoms with Gasteiger partial charge in [0.25, 0.3) is 0 Å². The first kappa shape index (κ1) is 15.3. The van der Waals surface area contributed by atoms with Crippen LogP contribution < -0.4 is 10.5 Å². The zero-order chi connectivity index (χ0) is 14.4. The van der Waals surface area contributed by atoms with Gasteiger partial charge in [-0.25, -0.2) is 0 Å². The molecule has 0 aliphatic heterocycles. The molecule has 1 fully saturated rings. The highest BCUT2D eigenvalue weighted by Crippen LogP contribution is 2.28. The normalized spacial score (nSPS) is 24.4. The molecule has 112 valence electrons. The summed E-state index contributed by atoms with van der Waals surface area (Å²) in [5, 5.41) is 0. The van der Waals surface area contributed by atoms with E-state index >= 15 is 0 Å². The maximum atomic E-state index is 6.19. The van der Waals surface area contributed by atoms with Gasteiger partial charge in [-0.05, 0) is 43.4 Å². The molecule has 20 heavy (non-hydrogen) atoms. The van der Waals surface area contributed by atoms with Crippen molar-refractivity contribution in [2.75, 3.05) is 20.8 Å². The SMILES string of the molecule is COc1ccc(C(CN)OC2CCCC(OC)C2)cc1. The fourth-order valence-electron chi connectivity index (χ4n) is 2.76. The van der Waals surface area contributed by atoms with Crippen molar-refractivity contribution in [3.63, 3.8) is 0 Å². The molecule has 4 heteroatoms. The fraction of sp³-hybridized carbons (Fsp3) is 0.625. The summed E-state index contributed by atoms with van der Waals surface area (Å²) in [6.07, 6.45) is 4.85. The number of nitrogens with two attached hydrogens (primary N) is 1. The highest BCUT2D eigenvalue weighted by molar-refractivity contribution is 5.28. The van der Waals surface area contributed by atoms with Crippen LogP contribution in [0.1, 0.15) is 37.4 Å². The third-order valence-electron chi connectivity index (χ3n) is 3.97. The summed E-state index contributed by atoms with van der Waals surface area (Å²) in [6.45, 7) is 0.487. The van der Waals surface area contributed by atoms with Crippen molar-refractivity contribution >= 4 is 0 Å². The Morgan fingerprint density at radius 3 is 2.45 bits per heavy atom. The topological polar surface area (TPSA) is 53.7 Å². The molecule has 0 saturated heterocycles. The van der Waals surface area contributed by atoms with Crippen LogP contribution in [-0.4, -0.2) is 33.0 Å². The van der Waals surface area contributed by atoms with Crippen molar-refractivity contribution in [2.24, 2.45) is 5.73 Å². The molecule has 0 radical (unpaired) electrons. The van der Waals surface area contributed by atoms with E-state index in [1.165, 1.54) is 0 Å². The van der Waals surface area contributed by atoms with E-state index < -0.39 is 0 Å². The predicted molar refractivity (Wildman–Crippen MR) is 78.9 cm³/mol. The molecule has 4 nitrogen and oxygen atoms in total. The third kappa shape index (κ3) is 3.95. The van der Waals surface area contributed by atoms with E-state index in [1.807, 2.05) is 24.3 Å². The number of methoxy groups -OCH3 is 2. The molecule has 1 aromatic carbocycles. The largest absolute Gasteiger partial charge is 0.497 e. The van der Waals surface area contributed by atoms with Crippen LogP contribution in [0.2, 0.25) is 0 Å². The first-order valence-electron chi connectivity index (χ1n) is 7.29. The van der Waals surface area contributed by atoms with E-state index in [4.69, 9.17) is 19.9 Å². The third-order valence-corrected chi connectivity index (χ3v) is 3.97. The Kier molecular flexibility index (Phi) is 5.83. The van der Waals surface area contributed by atoms with Gasteiger partial charge in [0.2, 0.25) is 0 Å². The number of rotatable bonds is 6. The molecular formula is C16H25NO3. The summed E-state index contributed by atoms with van der Waals surface area (Å²) < 4.78 is 16.8. The molecule has 0 aromatic heterocycles. The van der Waals surface area contributed by atoms with E-state index in [0.29, 0.717) is 12.6 Å². The minimum atomic E-state index is -0.0542. The Morgan fingerprint density at radius 1 is 1.15 bits per heavy atom. The molecule has 2 N–H and O–H groups in total. The van der Waals surface area contributed by atoms with Gasteiger partial charge in [-0.1, -0.05) is 12.1 Å². The second kappa shape index (κ2) is 7.62. The van der Waals surface area contributed by atoms with Crippen molar-refractivity contribution in [3.8, 4) is 5.75 Å². The lowest BCUT2D eigenvalue weighted by Gasteiger charge is -2.31. The summed E-state index contributed by atoms with van der Waals surface area (Å²) in [6, 6.07) is 7.93. The van der Waals surface area contributed by atoms with Gasteiger partial charge in [0.1, 0.15) is 5.75 Å². The Labute approximate surface area is 121 Å². The number of ether oxygens (including phenoxy) is 3. The van der Waals surface area contributed by atoms with Crippen LogP contribution in [0, 0.1) is 0 Å². The molecule has 0 heterocycles. The predicted octanol–water partition coefficient (Wildman–Crippen LogP) is 2.67.